The Labute approximate surface area is 485 Å². The van der Waals surface area contributed by atoms with Gasteiger partial charge >= 0.3 is 29.8 Å². The summed E-state index contributed by atoms with van der Waals surface area (Å²) in [5.74, 6) is -1.79. The second-order valence-corrected chi connectivity index (χ2v) is 24.3. The molecule has 82 heavy (non-hydrogen) atoms. The van der Waals surface area contributed by atoms with Gasteiger partial charge in [0.1, 0.15) is 39.4 Å². The van der Waals surface area contributed by atoms with Gasteiger partial charge in [-0.1, -0.05) is 55.3 Å². The maximum Gasteiger partial charge on any atom is 0.338 e. The average Bonchev–Trinajstić information content (AvgIpc) is 3.94. The van der Waals surface area contributed by atoms with E-state index in [1.807, 2.05) is 84.0 Å². The molecule has 5 aromatic rings. The van der Waals surface area contributed by atoms with Crippen molar-refractivity contribution in [2.45, 2.75) is 149 Å². The number of rotatable bonds is 31. The number of anilines is 1. The monoisotopic (exact) mass is 1150 g/mol. The molecular formula is C64H79N3O14S. The minimum absolute atomic E-state index is 0.0341. The van der Waals surface area contributed by atoms with Crippen LogP contribution in [0.1, 0.15) is 140 Å². The molecule has 0 amide bonds. The number of aliphatic hydroxyl groups excluding tert-OH is 1. The Hall–Kier alpha value is -7.83. The molecule has 17 nitrogen and oxygen atoms in total. The predicted octanol–water partition coefficient (Wildman–Crippen LogP) is 12.1. The zero-order valence-electron chi connectivity index (χ0n) is 49.4. The van der Waals surface area contributed by atoms with E-state index in [4.69, 9.17) is 48.0 Å². The Kier molecular flexibility index (Phi) is 22.0. The number of hydrogen-bond donors (Lipinski definition) is 1. The van der Waals surface area contributed by atoms with Crippen molar-refractivity contribution in [1.82, 2.24) is 4.98 Å². The number of para-hydroxylation sites is 1. The Morgan fingerprint density at radius 2 is 1.09 bits per heavy atom. The van der Waals surface area contributed by atoms with Crippen molar-refractivity contribution in [3.05, 3.63) is 151 Å². The van der Waals surface area contributed by atoms with Gasteiger partial charge in [-0.3, -0.25) is 0 Å². The summed E-state index contributed by atoms with van der Waals surface area (Å²) >= 11 is 1.44. The molecular weight excluding hydrogens is 1070 g/mol. The van der Waals surface area contributed by atoms with Gasteiger partial charge < -0.3 is 43.0 Å². The zero-order valence-corrected chi connectivity index (χ0v) is 50.2. The standard InChI is InChI=1S/C64H79N3O14S/c1-16-53(69)79-62(10,11)40-59(4,5)76-48-28-25-45(26-29-48)56(72)74-35-31-43-23-24-44(47(37-43)39-65-67(33-34-68)58-66-49-21-19-20-22-52(49)82-58)32-36-75-57(73)46-27-30-50(77-60(6,7)41-63(12,13)80-54(70)17-2)51(38-46)78-61(8,9)42-64(14,15)81-55(71)18-3/h16-30,37-39,68H,1-3,31-36,40-42H2,4-15H3/b65-39+. The number of thiazole rings is 1. The second kappa shape index (κ2) is 27.8. The van der Waals surface area contributed by atoms with Crippen LogP contribution in [0.2, 0.25) is 0 Å². The number of nitrogens with zero attached hydrogens (tertiary/aromatic N) is 3. The summed E-state index contributed by atoms with van der Waals surface area (Å²) in [4.78, 5) is 68.2. The number of carbonyl (C=O) groups is 5. The van der Waals surface area contributed by atoms with Crippen LogP contribution < -0.4 is 19.2 Å². The number of hydrogen-bond acceptors (Lipinski definition) is 18. The summed E-state index contributed by atoms with van der Waals surface area (Å²) in [6.45, 7) is 32.3. The Bertz CT molecular complexity index is 3080. The van der Waals surface area contributed by atoms with E-state index in [1.54, 1.807) is 95.2 Å². The molecule has 18 heteroatoms. The number of aromatic nitrogens is 1. The fraction of sp³-hybridized carbons (Fsp3) is 0.422. The third-order valence-corrected chi connectivity index (χ3v) is 13.3. The molecule has 0 fully saturated rings. The molecule has 440 valence electrons. The van der Waals surface area contributed by atoms with E-state index in [1.165, 1.54) is 11.3 Å². The van der Waals surface area contributed by atoms with Crippen LogP contribution in [0, 0.1) is 0 Å². The largest absolute Gasteiger partial charge is 0.488 e. The first-order valence-electron chi connectivity index (χ1n) is 27.0. The summed E-state index contributed by atoms with van der Waals surface area (Å²) in [5, 5.41) is 17.1. The summed E-state index contributed by atoms with van der Waals surface area (Å²) in [6.07, 6.45) is 6.51. The maximum absolute atomic E-state index is 14.0. The number of ether oxygens (including phenoxy) is 8. The highest BCUT2D eigenvalue weighted by Crippen LogP contribution is 2.39. The maximum atomic E-state index is 14.0. The molecule has 0 unspecified atom stereocenters. The lowest BCUT2D eigenvalue weighted by Crippen LogP contribution is -2.41. The normalized spacial score (nSPS) is 12.3. The third-order valence-electron chi connectivity index (χ3n) is 12.2. The van der Waals surface area contributed by atoms with Crippen molar-refractivity contribution in [2.75, 3.05) is 31.4 Å². The van der Waals surface area contributed by atoms with Gasteiger partial charge in [0.15, 0.2) is 11.5 Å². The van der Waals surface area contributed by atoms with Gasteiger partial charge in [-0.25, -0.2) is 34.0 Å². The molecule has 4 aromatic carbocycles. The summed E-state index contributed by atoms with van der Waals surface area (Å²) in [6, 6.07) is 24.8. The van der Waals surface area contributed by atoms with E-state index in [9.17, 15) is 29.1 Å². The quantitative estimate of drug-likeness (QED) is 0.0144. The number of benzene rings is 4. The lowest BCUT2D eigenvalue weighted by molar-refractivity contribution is -0.155. The van der Waals surface area contributed by atoms with Crippen LogP contribution in [0.5, 0.6) is 17.2 Å². The number of carbonyl (C=O) groups excluding carboxylic acids is 5. The molecule has 1 heterocycles. The third kappa shape index (κ3) is 20.6. The Morgan fingerprint density at radius 1 is 0.585 bits per heavy atom. The topological polar surface area (TPSA) is 208 Å². The molecule has 1 aromatic heterocycles. The van der Waals surface area contributed by atoms with Crippen LogP contribution in [-0.4, -0.2) is 106 Å². The summed E-state index contributed by atoms with van der Waals surface area (Å²) in [7, 11) is 0. The molecule has 0 aliphatic rings. The van der Waals surface area contributed by atoms with E-state index in [2.05, 4.69) is 19.7 Å². The van der Waals surface area contributed by atoms with Crippen molar-refractivity contribution in [2.24, 2.45) is 5.10 Å². The molecule has 5 rings (SSSR count). The first-order chi connectivity index (χ1) is 38.3. The lowest BCUT2D eigenvalue weighted by atomic mass is 9.91. The summed E-state index contributed by atoms with van der Waals surface area (Å²) in [5.41, 5.74) is -1.73. The second-order valence-electron chi connectivity index (χ2n) is 23.3. The van der Waals surface area contributed by atoms with Gasteiger partial charge in [0.05, 0.1) is 53.9 Å². The molecule has 0 radical (unpaired) electrons. The van der Waals surface area contributed by atoms with Crippen LogP contribution >= 0.6 is 11.3 Å². The van der Waals surface area contributed by atoms with Gasteiger partial charge in [0, 0.05) is 50.3 Å². The van der Waals surface area contributed by atoms with Crippen LogP contribution in [-0.2, 0) is 50.9 Å². The SMILES string of the molecule is C=CC(=O)OC(C)(C)CC(C)(C)Oc1ccc(C(=O)OCCc2ccc(CCOC(=O)c3ccc(OC(C)(C)CC(C)(C)OC(=O)C=C)c(OC(C)(C)CC(C)(C)OC(=O)C=C)c3)c(/C=N/N(CCO)c3nc4ccccc4s3)c2)cc1. The molecule has 0 bridgehead atoms. The van der Waals surface area contributed by atoms with E-state index in [0.717, 1.165) is 39.6 Å². The molecule has 0 aliphatic heterocycles. The molecule has 0 aliphatic carbocycles. The van der Waals surface area contributed by atoms with Gasteiger partial charge in [0.25, 0.3) is 0 Å². The Balaban J connectivity index is 1.35. The van der Waals surface area contributed by atoms with E-state index < -0.39 is 63.5 Å². The van der Waals surface area contributed by atoms with E-state index in [-0.39, 0.29) is 56.9 Å². The van der Waals surface area contributed by atoms with Crippen molar-refractivity contribution in [3.8, 4) is 17.2 Å². The first-order valence-corrected chi connectivity index (χ1v) is 27.8. The van der Waals surface area contributed by atoms with Crippen LogP contribution in [0.15, 0.2) is 128 Å². The lowest BCUT2D eigenvalue weighted by Gasteiger charge is -2.37. The highest BCUT2D eigenvalue weighted by molar-refractivity contribution is 7.22. The Morgan fingerprint density at radius 3 is 1.62 bits per heavy atom. The fourth-order valence-electron chi connectivity index (χ4n) is 9.84. The highest BCUT2D eigenvalue weighted by atomic mass is 32.1. The van der Waals surface area contributed by atoms with Gasteiger partial charge in [-0.15, -0.1) is 0 Å². The molecule has 0 saturated heterocycles. The number of esters is 5. The smallest absolute Gasteiger partial charge is 0.338 e. The van der Waals surface area contributed by atoms with Crippen molar-refractivity contribution in [3.63, 3.8) is 0 Å². The molecule has 1 N–H and O–H groups in total. The summed E-state index contributed by atoms with van der Waals surface area (Å²) < 4.78 is 48.7. The van der Waals surface area contributed by atoms with E-state index >= 15 is 0 Å². The minimum atomic E-state index is -0.980. The van der Waals surface area contributed by atoms with Crippen molar-refractivity contribution < 1.29 is 67.0 Å². The fourth-order valence-corrected chi connectivity index (χ4v) is 10.8. The predicted molar refractivity (Wildman–Crippen MR) is 318 cm³/mol. The molecule has 0 atom stereocenters. The number of hydrazone groups is 1. The molecule has 0 spiro atoms. The van der Waals surface area contributed by atoms with Gasteiger partial charge in [-0.2, -0.15) is 5.10 Å². The van der Waals surface area contributed by atoms with Crippen molar-refractivity contribution >= 4 is 62.7 Å². The van der Waals surface area contributed by atoms with Crippen molar-refractivity contribution in [1.29, 1.82) is 0 Å². The van der Waals surface area contributed by atoms with E-state index in [0.29, 0.717) is 40.6 Å². The average molecular weight is 1150 g/mol. The minimum Gasteiger partial charge on any atom is -0.488 e. The number of fused-ring (bicyclic) bond motifs is 1. The van der Waals surface area contributed by atoms with Gasteiger partial charge in [-0.05, 0) is 160 Å². The van der Waals surface area contributed by atoms with Crippen LogP contribution in [0.25, 0.3) is 10.2 Å². The van der Waals surface area contributed by atoms with Crippen LogP contribution in [0.4, 0.5) is 5.13 Å². The highest BCUT2D eigenvalue weighted by Gasteiger charge is 2.37. The van der Waals surface area contributed by atoms with Crippen LogP contribution in [0.3, 0.4) is 0 Å². The van der Waals surface area contributed by atoms with Gasteiger partial charge in [0.2, 0.25) is 5.13 Å². The first kappa shape index (κ1) is 65.0. The zero-order chi connectivity index (χ0) is 60.7. The molecule has 0 saturated carbocycles. The number of aliphatic hydroxyl groups is 1.